The predicted molar refractivity (Wildman–Crippen MR) is 109 cm³/mol. The van der Waals surface area contributed by atoms with Crippen LogP contribution in [0.3, 0.4) is 0 Å². The summed E-state index contributed by atoms with van der Waals surface area (Å²) in [6.45, 7) is 10.9. The summed E-state index contributed by atoms with van der Waals surface area (Å²) >= 11 is 1.49. The Hall–Kier alpha value is -2.18. The number of carbonyl (C=O) groups excluding carboxylic acids is 2. The standard InChI is InChI=1S/C21H26N2O3S/c1-5-23-10-9-16-17(12-23)27-20(18(16)21(25)26-6-2)22-19(24)15-8-7-13(3)14(4)11-15/h7-8,11H,5-6,9-10,12H2,1-4H3,(H,22,24). The number of thiophene rings is 1. The van der Waals surface area contributed by atoms with Gasteiger partial charge in [0.05, 0.1) is 12.2 Å². The van der Waals surface area contributed by atoms with Gasteiger partial charge < -0.3 is 10.1 Å². The average Bonchev–Trinajstić information content (AvgIpc) is 3.00. The van der Waals surface area contributed by atoms with Gasteiger partial charge in [-0.05, 0) is 62.6 Å². The van der Waals surface area contributed by atoms with Crippen LogP contribution in [0.2, 0.25) is 0 Å². The van der Waals surface area contributed by atoms with Gasteiger partial charge in [-0.25, -0.2) is 4.79 Å². The molecule has 2 aromatic rings. The van der Waals surface area contributed by atoms with Crippen LogP contribution in [-0.2, 0) is 17.7 Å². The van der Waals surface area contributed by atoms with E-state index in [1.165, 1.54) is 11.3 Å². The zero-order valence-electron chi connectivity index (χ0n) is 16.3. The maximum absolute atomic E-state index is 12.8. The van der Waals surface area contributed by atoms with Crippen LogP contribution in [-0.4, -0.2) is 36.5 Å². The fourth-order valence-electron chi connectivity index (χ4n) is 3.29. The molecule has 1 aromatic carbocycles. The van der Waals surface area contributed by atoms with E-state index in [9.17, 15) is 9.59 Å². The topological polar surface area (TPSA) is 58.6 Å². The molecule has 0 aliphatic carbocycles. The van der Waals surface area contributed by atoms with Gasteiger partial charge in [-0.2, -0.15) is 0 Å². The van der Waals surface area contributed by atoms with Crippen molar-refractivity contribution in [3.8, 4) is 0 Å². The number of nitrogens with one attached hydrogen (secondary N) is 1. The Kier molecular flexibility index (Phi) is 5.97. The molecule has 1 aliphatic rings. The molecule has 1 amide bonds. The Labute approximate surface area is 164 Å². The van der Waals surface area contributed by atoms with Crippen LogP contribution >= 0.6 is 11.3 Å². The lowest BCUT2D eigenvalue weighted by Crippen LogP contribution is -2.30. The number of hydrogen-bond acceptors (Lipinski definition) is 5. The van der Waals surface area contributed by atoms with Crippen LogP contribution in [0, 0.1) is 13.8 Å². The molecule has 1 aliphatic heterocycles. The highest BCUT2D eigenvalue weighted by Gasteiger charge is 2.29. The molecular formula is C21H26N2O3S. The molecule has 27 heavy (non-hydrogen) atoms. The Morgan fingerprint density at radius 2 is 2.00 bits per heavy atom. The second-order valence-electron chi connectivity index (χ2n) is 6.80. The minimum absolute atomic E-state index is 0.199. The van der Waals surface area contributed by atoms with Gasteiger partial charge in [-0.15, -0.1) is 11.3 Å². The molecule has 0 spiro atoms. The Bertz CT molecular complexity index is 873. The molecule has 1 aromatic heterocycles. The van der Waals surface area contributed by atoms with Crippen molar-refractivity contribution in [1.29, 1.82) is 0 Å². The second kappa shape index (κ2) is 8.23. The molecule has 6 heteroatoms. The molecule has 0 saturated carbocycles. The molecule has 0 saturated heterocycles. The zero-order chi connectivity index (χ0) is 19.6. The quantitative estimate of drug-likeness (QED) is 0.784. The van der Waals surface area contributed by atoms with Crippen molar-refractivity contribution in [3.63, 3.8) is 0 Å². The number of amides is 1. The van der Waals surface area contributed by atoms with E-state index in [2.05, 4.69) is 17.1 Å². The van der Waals surface area contributed by atoms with Crippen LogP contribution in [0.25, 0.3) is 0 Å². The molecule has 5 nitrogen and oxygen atoms in total. The second-order valence-corrected chi connectivity index (χ2v) is 7.91. The number of anilines is 1. The Morgan fingerprint density at radius 1 is 1.22 bits per heavy atom. The minimum Gasteiger partial charge on any atom is -0.462 e. The SMILES string of the molecule is CCOC(=O)c1c(NC(=O)c2ccc(C)c(C)c2)sc2c1CCN(CC)C2. The summed E-state index contributed by atoms with van der Waals surface area (Å²) < 4.78 is 5.27. The highest BCUT2D eigenvalue weighted by atomic mass is 32.1. The van der Waals surface area contributed by atoms with Crippen molar-refractivity contribution in [2.45, 2.75) is 40.7 Å². The number of carbonyl (C=O) groups is 2. The van der Waals surface area contributed by atoms with Crippen LogP contribution in [0.5, 0.6) is 0 Å². The summed E-state index contributed by atoms with van der Waals surface area (Å²) in [5, 5.41) is 3.56. The Morgan fingerprint density at radius 3 is 2.67 bits per heavy atom. The molecule has 0 unspecified atom stereocenters. The summed E-state index contributed by atoms with van der Waals surface area (Å²) in [5.41, 5.74) is 4.36. The van der Waals surface area contributed by atoms with Crippen LogP contribution in [0.4, 0.5) is 5.00 Å². The van der Waals surface area contributed by atoms with Gasteiger partial charge in [-0.1, -0.05) is 13.0 Å². The van der Waals surface area contributed by atoms with Gasteiger partial charge in [0.2, 0.25) is 0 Å². The first-order valence-electron chi connectivity index (χ1n) is 9.37. The van der Waals surface area contributed by atoms with E-state index < -0.39 is 0 Å². The summed E-state index contributed by atoms with van der Waals surface area (Å²) in [7, 11) is 0. The summed E-state index contributed by atoms with van der Waals surface area (Å²) in [6.07, 6.45) is 0.799. The first-order valence-corrected chi connectivity index (χ1v) is 10.2. The fourth-order valence-corrected chi connectivity index (χ4v) is 4.56. The number of aryl methyl sites for hydroxylation is 2. The number of ether oxygens (including phenoxy) is 1. The third kappa shape index (κ3) is 4.06. The predicted octanol–water partition coefficient (Wildman–Crippen LogP) is 4.17. The highest BCUT2D eigenvalue weighted by Crippen LogP contribution is 2.38. The monoisotopic (exact) mass is 386 g/mol. The lowest BCUT2D eigenvalue weighted by Gasteiger charge is -2.25. The molecule has 0 radical (unpaired) electrons. The number of nitrogens with zero attached hydrogens (tertiary/aromatic N) is 1. The third-order valence-corrected chi connectivity index (χ3v) is 6.19. The number of hydrogen-bond donors (Lipinski definition) is 1. The molecule has 1 N–H and O–H groups in total. The number of benzene rings is 1. The van der Waals surface area contributed by atoms with Gasteiger partial charge in [-0.3, -0.25) is 9.69 Å². The highest BCUT2D eigenvalue weighted by molar-refractivity contribution is 7.17. The van der Waals surface area contributed by atoms with Gasteiger partial charge >= 0.3 is 5.97 Å². The molecule has 0 atom stereocenters. The van der Waals surface area contributed by atoms with Crippen molar-refractivity contribution in [2.75, 3.05) is 25.0 Å². The fraction of sp³-hybridized carbons (Fsp3) is 0.429. The lowest BCUT2D eigenvalue weighted by atomic mass is 10.0. The van der Waals surface area contributed by atoms with E-state index >= 15 is 0 Å². The minimum atomic E-state index is -0.352. The van der Waals surface area contributed by atoms with Crippen molar-refractivity contribution >= 4 is 28.2 Å². The van der Waals surface area contributed by atoms with Crippen LogP contribution in [0.1, 0.15) is 56.1 Å². The summed E-state index contributed by atoms with van der Waals surface area (Å²) in [5.74, 6) is -0.551. The van der Waals surface area contributed by atoms with E-state index in [-0.39, 0.29) is 11.9 Å². The molecule has 3 rings (SSSR count). The number of rotatable bonds is 5. The van der Waals surface area contributed by atoms with Gasteiger partial charge in [0, 0.05) is 23.5 Å². The largest absolute Gasteiger partial charge is 0.462 e. The average molecular weight is 387 g/mol. The smallest absolute Gasteiger partial charge is 0.341 e. The number of fused-ring (bicyclic) bond motifs is 1. The first-order chi connectivity index (χ1) is 12.9. The normalized spacial score (nSPS) is 13.9. The van der Waals surface area contributed by atoms with Crippen LogP contribution in [0.15, 0.2) is 18.2 Å². The molecular weight excluding hydrogens is 360 g/mol. The molecule has 0 fully saturated rings. The van der Waals surface area contributed by atoms with Crippen molar-refractivity contribution < 1.29 is 14.3 Å². The number of likely N-dealkylation sites (N-methyl/N-ethyl adjacent to an activating group) is 1. The van der Waals surface area contributed by atoms with E-state index in [1.807, 2.05) is 32.0 Å². The van der Waals surface area contributed by atoms with Gasteiger partial charge in [0.15, 0.2) is 0 Å². The zero-order valence-corrected chi connectivity index (χ0v) is 17.2. The molecule has 144 valence electrons. The van der Waals surface area contributed by atoms with Crippen LogP contribution < -0.4 is 5.32 Å². The first kappa shape index (κ1) is 19.6. The van der Waals surface area contributed by atoms with Gasteiger partial charge in [0.25, 0.3) is 5.91 Å². The van der Waals surface area contributed by atoms with E-state index in [1.54, 1.807) is 6.92 Å². The lowest BCUT2D eigenvalue weighted by molar-refractivity contribution is 0.0526. The van der Waals surface area contributed by atoms with E-state index in [4.69, 9.17) is 4.74 Å². The Balaban J connectivity index is 1.93. The van der Waals surface area contributed by atoms with Crippen molar-refractivity contribution in [3.05, 3.63) is 50.9 Å². The van der Waals surface area contributed by atoms with E-state index in [0.717, 1.165) is 47.6 Å². The molecule has 0 bridgehead atoms. The summed E-state index contributed by atoms with van der Waals surface area (Å²) in [4.78, 5) is 28.8. The van der Waals surface area contributed by atoms with Crippen molar-refractivity contribution in [2.24, 2.45) is 0 Å². The van der Waals surface area contributed by atoms with E-state index in [0.29, 0.717) is 22.7 Å². The maximum Gasteiger partial charge on any atom is 0.341 e. The number of esters is 1. The van der Waals surface area contributed by atoms with Gasteiger partial charge in [0.1, 0.15) is 5.00 Å². The summed E-state index contributed by atoms with van der Waals surface area (Å²) in [6, 6.07) is 5.63. The molecule has 2 heterocycles. The van der Waals surface area contributed by atoms with Crippen molar-refractivity contribution in [1.82, 2.24) is 4.90 Å². The maximum atomic E-state index is 12.8. The third-order valence-electron chi connectivity index (χ3n) is 5.06.